The van der Waals surface area contributed by atoms with Crippen molar-refractivity contribution in [3.05, 3.63) is 28.1 Å². The molecule has 1 fully saturated rings. The molecule has 3 rings (SSSR count). The summed E-state index contributed by atoms with van der Waals surface area (Å²) < 4.78 is 0.998. The summed E-state index contributed by atoms with van der Waals surface area (Å²) in [5, 5.41) is 4.52. The van der Waals surface area contributed by atoms with Gasteiger partial charge in [-0.1, -0.05) is 24.4 Å². The van der Waals surface area contributed by atoms with Crippen LogP contribution >= 0.6 is 22.9 Å². The van der Waals surface area contributed by atoms with Crippen LogP contribution in [0.3, 0.4) is 0 Å². The number of nitrogens with two attached hydrogens (primary N) is 1. The number of hydrogen-bond acceptors (Lipinski definition) is 3. The molecular weight excluding hydrogens is 292 g/mol. The Morgan fingerprint density at radius 3 is 2.90 bits per heavy atom. The maximum absolute atomic E-state index is 12.3. The predicted octanol–water partition coefficient (Wildman–Crippen LogP) is 4.06. The molecule has 1 saturated carbocycles. The first kappa shape index (κ1) is 13.7. The lowest BCUT2D eigenvalue weighted by molar-refractivity contribution is 0.0952. The molecular formula is C15H17ClN2OS. The highest BCUT2D eigenvalue weighted by Gasteiger charge is 2.19. The topological polar surface area (TPSA) is 55.1 Å². The molecule has 3 N–H and O–H groups in total. The van der Waals surface area contributed by atoms with E-state index in [1.807, 2.05) is 18.2 Å². The lowest BCUT2D eigenvalue weighted by Gasteiger charge is -2.09. The molecule has 106 valence electrons. The molecule has 0 radical (unpaired) electrons. The number of amides is 1. The van der Waals surface area contributed by atoms with Crippen molar-refractivity contribution >= 4 is 44.6 Å². The summed E-state index contributed by atoms with van der Waals surface area (Å²) in [7, 11) is 0. The maximum Gasteiger partial charge on any atom is 0.263 e. The molecule has 20 heavy (non-hydrogen) atoms. The largest absolute Gasteiger partial charge is 0.397 e. The Hall–Kier alpha value is -1.26. The van der Waals surface area contributed by atoms with Crippen molar-refractivity contribution in [1.82, 2.24) is 5.32 Å². The molecule has 1 aliphatic rings. The molecule has 0 spiro atoms. The summed E-state index contributed by atoms with van der Waals surface area (Å²) in [4.78, 5) is 12.9. The number of rotatable bonds is 3. The van der Waals surface area contributed by atoms with Crippen LogP contribution in [0.1, 0.15) is 35.4 Å². The van der Waals surface area contributed by atoms with Crippen LogP contribution in [0.5, 0.6) is 0 Å². The summed E-state index contributed by atoms with van der Waals surface area (Å²) >= 11 is 7.40. The number of carbonyl (C=O) groups excluding carboxylic acids is 1. The number of nitrogens with one attached hydrogen (secondary N) is 1. The number of thiophene rings is 1. The minimum Gasteiger partial charge on any atom is -0.397 e. The second-order valence-electron chi connectivity index (χ2n) is 5.35. The van der Waals surface area contributed by atoms with Crippen LogP contribution in [-0.4, -0.2) is 12.5 Å². The molecule has 1 aromatic heterocycles. The van der Waals surface area contributed by atoms with Crippen molar-refractivity contribution in [2.75, 3.05) is 12.3 Å². The summed E-state index contributed by atoms with van der Waals surface area (Å²) in [5.41, 5.74) is 6.62. The van der Waals surface area contributed by atoms with Gasteiger partial charge in [0.25, 0.3) is 5.91 Å². The highest BCUT2D eigenvalue weighted by molar-refractivity contribution is 7.21. The second-order valence-corrected chi connectivity index (χ2v) is 6.83. The van der Waals surface area contributed by atoms with Crippen LogP contribution in [0.25, 0.3) is 10.1 Å². The Morgan fingerprint density at radius 2 is 2.15 bits per heavy atom. The van der Waals surface area contributed by atoms with E-state index in [-0.39, 0.29) is 5.91 Å². The quantitative estimate of drug-likeness (QED) is 0.898. The van der Waals surface area contributed by atoms with Crippen LogP contribution in [0, 0.1) is 5.92 Å². The molecule has 1 heterocycles. The summed E-state index contributed by atoms with van der Waals surface area (Å²) in [6, 6.07) is 5.54. The van der Waals surface area contributed by atoms with E-state index in [0.29, 0.717) is 21.5 Å². The third-order valence-electron chi connectivity index (χ3n) is 3.92. The van der Waals surface area contributed by atoms with E-state index < -0.39 is 0 Å². The fourth-order valence-electron chi connectivity index (χ4n) is 2.79. The molecule has 1 amide bonds. The van der Waals surface area contributed by atoms with Gasteiger partial charge in [0.1, 0.15) is 4.88 Å². The average Bonchev–Trinajstić information content (AvgIpc) is 3.05. The van der Waals surface area contributed by atoms with Crippen molar-refractivity contribution < 1.29 is 4.79 Å². The first-order valence-corrected chi connectivity index (χ1v) is 8.10. The van der Waals surface area contributed by atoms with Crippen molar-refractivity contribution in [3.8, 4) is 0 Å². The zero-order valence-corrected chi connectivity index (χ0v) is 12.7. The smallest absolute Gasteiger partial charge is 0.263 e. The van der Waals surface area contributed by atoms with Gasteiger partial charge in [-0.3, -0.25) is 4.79 Å². The lowest BCUT2D eigenvalue weighted by Crippen LogP contribution is -2.28. The standard InChI is InChI=1S/C15H17ClN2OS/c16-10-5-6-12-11(7-10)13(17)14(20-12)15(19)18-8-9-3-1-2-4-9/h5-7,9H,1-4,8,17H2,(H,18,19). The van der Waals surface area contributed by atoms with E-state index in [1.54, 1.807) is 0 Å². The van der Waals surface area contributed by atoms with Crippen molar-refractivity contribution in [1.29, 1.82) is 0 Å². The van der Waals surface area contributed by atoms with Gasteiger partial charge < -0.3 is 11.1 Å². The Kier molecular flexibility index (Phi) is 3.85. The van der Waals surface area contributed by atoms with Gasteiger partial charge in [-0.15, -0.1) is 11.3 Å². The molecule has 5 heteroatoms. The van der Waals surface area contributed by atoms with E-state index >= 15 is 0 Å². The third kappa shape index (κ3) is 2.63. The van der Waals surface area contributed by atoms with Crippen LogP contribution in [0.4, 0.5) is 5.69 Å². The third-order valence-corrected chi connectivity index (χ3v) is 5.34. The molecule has 2 aromatic rings. The van der Waals surface area contributed by atoms with Gasteiger partial charge in [-0.2, -0.15) is 0 Å². The fourth-order valence-corrected chi connectivity index (χ4v) is 3.98. The number of carbonyl (C=O) groups is 1. The van der Waals surface area contributed by atoms with Gasteiger partial charge in [0.05, 0.1) is 5.69 Å². The zero-order chi connectivity index (χ0) is 14.1. The Morgan fingerprint density at radius 1 is 1.40 bits per heavy atom. The highest BCUT2D eigenvalue weighted by atomic mass is 35.5. The predicted molar refractivity (Wildman–Crippen MR) is 85.5 cm³/mol. The number of fused-ring (bicyclic) bond motifs is 1. The van der Waals surface area contributed by atoms with Gasteiger partial charge >= 0.3 is 0 Å². The SMILES string of the molecule is Nc1c(C(=O)NCC2CCCC2)sc2ccc(Cl)cc12. The summed E-state index contributed by atoms with van der Waals surface area (Å²) in [5.74, 6) is 0.565. The molecule has 1 aromatic carbocycles. The molecule has 0 unspecified atom stereocenters. The number of anilines is 1. The molecule has 0 aliphatic heterocycles. The van der Waals surface area contributed by atoms with Crippen LogP contribution in [-0.2, 0) is 0 Å². The average molecular weight is 309 g/mol. The Bertz CT molecular complexity index is 647. The molecule has 0 bridgehead atoms. The normalized spacial score (nSPS) is 15.8. The van der Waals surface area contributed by atoms with E-state index in [2.05, 4.69) is 5.32 Å². The van der Waals surface area contributed by atoms with Crippen LogP contribution in [0.15, 0.2) is 18.2 Å². The van der Waals surface area contributed by atoms with Crippen molar-refractivity contribution in [2.24, 2.45) is 5.92 Å². The lowest BCUT2D eigenvalue weighted by atomic mass is 10.1. The summed E-state index contributed by atoms with van der Waals surface area (Å²) in [6.45, 7) is 0.757. The van der Waals surface area contributed by atoms with Crippen molar-refractivity contribution in [3.63, 3.8) is 0 Å². The van der Waals surface area contributed by atoms with Gasteiger partial charge in [0.15, 0.2) is 0 Å². The van der Waals surface area contributed by atoms with E-state index in [4.69, 9.17) is 17.3 Å². The number of nitrogen functional groups attached to an aromatic ring is 1. The minimum atomic E-state index is -0.0632. The molecule has 0 saturated heterocycles. The van der Waals surface area contributed by atoms with Gasteiger partial charge in [0, 0.05) is 21.7 Å². The van der Waals surface area contributed by atoms with E-state index in [9.17, 15) is 4.79 Å². The van der Waals surface area contributed by atoms with Crippen molar-refractivity contribution in [2.45, 2.75) is 25.7 Å². The molecule has 1 aliphatic carbocycles. The zero-order valence-electron chi connectivity index (χ0n) is 11.1. The Labute approximate surface area is 127 Å². The van der Waals surface area contributed by atoms with Crippen LogP contribution < -0.4 is 11.1 Å². The second kappa shape index (κ2) is 5.62. The number of halogens is 1. The molecule has 0 atom stereocenters. The first-order chi connectivity index (χ1) is 9.65. The first-order valence-electron chi connectivity index (χ1n) is 6.91. The van der Waals surface area contributed by atoms with Gasteiger partial charge in [-0.05, 0) is 37.0 Å². The fraction of sp³-hybridized carbons (Fsp3) is 0.400. The summed E-state index contributed by atoms with van der Waals surface area (Å²) in [6.07, 6.45) is 5.00. The maximum atomic E-state index is 12.3. The number of hydrogen-bond donors (Lipinski definition) is 2. The van der Waals surface area contributed by atoms with Gasteiger partial charge in [0.2, 0.25) is 0 Å². The van der Waals surface area contributed by atoms with E-state index in [1.165, 1.54) is 37.0 Å². The van der Waals surface area contributed by atoms with Crippen LogP contribution in [0.2, 0.25) is 5.02 Å². The minimum absolute atomic E-state index is 0.0632. The monoisotopic (exact) mass is 308 g/mol. The van der Waals surface area contributed by atoms with E-state index in [0.717, 1.165) is 16.6 Å². The highest BCUT2D eigenvalue weighted by Crippen LogP contribution is 2.35. The number of benzene rings is 1. The van der Waals surface area contributed by atoms with Gasteiger partial charge in [-0.25, -0.2) is 0 Å². The molecule has 3 nitrogen and oxygen atoms in total. The Balaban J connectivity index is 1.78.